The number of hydrogen-bond donors (Lipinski definition) is 2. The molecule has 1 aromatic heterocycles. The van der Waals surface area contributed by atoms with Gasteiger partial charge in [0.2, 0.25) is 0 Å². The van der Waals surface area contributed by atoms with Gasteiger partial charge in [-0.2, -0.15) is 4.98 Å². The zero-order chi connectivity index (χ0) is 11.4. The summed E-state index contributed by atoms with van der Waals surface area (Å²) in [6, 6.07) is 0.228. The highest BCUT2D eigenvalue weighted by Crippen LogP contribution is 2.14. The number of anilines is 1. The van der Waals surface area contributed by atoms with E-state index in [-0.39, 0.29) is 17.8 Å². The maximum absolute atomic E-state index is 10.5. The van der Waals surface area contributed by atoms with E-state index < -0.39 is 5.97 Å². The molecule has 0 radical (unpaired) electrons. The van der Waals surface area contributed by atoms with Crippen molar-refractivity contribution in [3.8, 4) is 0 Å². The molecule has 1 aliphatic heterocycles. The third-order valence-corrected chi connectivity index (χ3v) is 2.48. The summed E-state index contributed by atoms with van der Waals surface area (Å²) in [6.45, 7) is 1.39. The van der Waals surface area contributed by atoms with Crippen LogP contribution in [0.3, 0.4) is 0 Å². The number of rotatable bonds is 4. The fourth-order valence-electron chi connectivity index (χ4n) is 1.62. The lowest BCUT2D eigenvalue weighted by Crippen LogP contribution is -2.27. The molecule has 1 saturated heterocycles. The molecule has 0 amide bonds. The molecule has 0 aromatic carbocycles. The number of hydrogen-bond acceptors (Lipinski definition) is 5. The molecule has 0 saturated carbocycles. The Morgan fingerprint density at radius 1 is 1.62 bits per heavy atom. The van der Waals surface area contributed by atoms with Crippen LogP contribution in [-0.4, -0.2) is 35.3 Å². The van der Waals surface area contributed by atoms with Crippen molar-refractivity contribution in [2.24, 2.45) is 0 Å². The molecule has 2 heterocycles. The third kappa shape index (κ3) is 2.73. The topological polar surface area (TPSA) is 84.6 Å². The minimum absolute atomic E-state index is 0.0907. The molecule has 16 heavy (non-hydrogen) atoms. The Balaban J connectivity index is 1.81. The summed E-state index contributed by atoms with van der Waals surface area (Å²) >= 11 is 0. The first-order valence-electron chi connectivity index (χ1n) is 5.30. The number of carboxylic acids is 1. The lowest BCUT2D eigenvalue weighted by atomic mass is 10.1. The molecule has 2 rings (SSSR count). The van der Waals surface area contributed by atoms with Crippen LogP contribution < -0.4 is 5.32 Å². The van der Waals surface area contributed by atoms with Gasteiger partial charge in [0.1, 0.15) is 6.26 Å². The van der Waals surface area contributed by atoms with Crippen molar-refractivity contribution < 1.29 is 19.1 Å². The Labute approximate surface area is 92.6 Å². The molecule has 1 aromatic rings. The van der Waals surface area contributed by atoms with Gasteiger partial charge in [-0.05, 0) is 19.3 Å². The molecule has 6 heteroatoms. The van der Waals surface area contributed by atoms with Crippen LogP contribution in [0.2, 0.25) is 0 Å². The van der Waals surface area contributed by atoms with E-state index in [4.69, 9.17) is 14.3 Å². The summed E-state index contributed by atoms with van der Waals surface area (Å²) in [6.07, 6.45) is 4.57. The van der Waals surface area contributed by atoms with E-state index in [2.05, 4.69) is 10.3 Å². The Morgan fingerprint density at radius 2 is 2.50 bits per heavy atom. The lowest BCUT2D eigenvalue weighted by molar-refractivity contribution is 0.0245. The summed E-state index contributed by atoms with van der Waals surface area (Å²) in [4.78, 5) is 14.3. The molecule has 2 N–H and O–H groups in total. The number of ether oxygens (including phenoxy) is 1. The molecule has 0 spiro atoms. The van der Waals surface area contributed by atoms with Crippen molar-refractivity contribution >= 4 is 12.0 Å². The van der Waals surface area contributed by atoms with Gasteiger partial charge in [0.05, 0.1) is 6.10 Å². The summed E-state index contributed by atoms with van der Waals surface area (Å²) in [5.41, 5.74) is -0.0907. The Kier molecular flexibility index (Phi) is 3.40. The SMILES string of the molecule is O=C(O)c1coc(NCC2CCCCO2)n1. The fourth-order valence-corrected chi connectivity index (χ4v) is 1.62. The molecule has 1 unspecified atom stereocenters. The number of aromatic carboxylic acids is 1. The van der Waals surface area contributed by atoms with Crippen molar-refractivity contribution in [3.05, 3.63) is 12.0 Å². The number of nitrogens with zero attached hydrogens (tertiary/aromatic N) is 1. The smallest absolute Gasteiger partial charge is 0.357 e. The maximum atomic E-state index is 10.5. The van der Waals surface area contributed by atoms with Gasteiger partial charge >= 0.3 is 5.97 Å². The van der Waals surface area contributed by atoms with Crippen LogP contribution >= 0.6 is 0 Å². The fraction of sp³-hybridized carbons (Fsp3) is 0.600. The van der Waals surface area contributed by atoms with E-state index in [9.17, 15) is 4.79 Å². The molecular weight excluding hydrogens is 212 g/mol. The van der Waals surface area contributed by atoms with Gasteiger partial charge in [-0.1, -0.05) is 0 Å². The van der Waals surface area contributed by atoms with Crippen molar-refractivity contribution in [1.82, 2.24) is 4.98 Å². The van der Waals surface area contributed by atoms with Crippen LogP contribution in [0.1, 0.15) is 29.8 Å². The van der Waals surface area contributed by atoms with E-state index in [1.54, 1.807) is 0 Å². The molecule has 88 valence electrons. The molecule has 1 aliphatic rings. The summed E-state index contributed by atoms with van der Waals surface area (Å²) in [5, 5.41) is 11.6. The summed E-state index contributed by atoms with van der Waals surface area (Å²) in [5.74, 6) is -1.09. The highest BCUT2D eigenvalue weighted by molar-refractivity contribution is 5.85. The third-order valence-electron chi connectivity index (χ3n) is 2.48. The van der Waals surface area contributed by atoms with Crippen LogP contribution in [0, 0.1) is 0 Å². The summed E-state index contributed by atoms with van der Waals surface area (Å²) < 4.78 is 10.5. The highest BCUT2D eigenvalue weighted by Gasteiger charge is 2.15. The van der Waals surface area contributed by atoms with E-state index in [1.807, 2.05) is 0 Å². The average molecular weight is 226 g/mol. The number of oxazole rings is 1. The normalized spacial score (nSPS) is 20.6. The average Bonchev–Trinajstić information content (AvgIpc) is 2.76. The molecule has 1 fully saturated rings. The zero-order valence-corrected chi connectivity index (χ0v) is 8.81. The quantitative estimate of drug-likeness (QED) is 0.806. The van der Waals surface area contributed by atoms with Crippen molar-refractivity contribution in [1.29, 1.82) is 0 Å². The zero-order valence-electron chi connectivity index (χ0n) is 8.81. The second-order valence-corrected chi connectivity index (χ2v) is 3.71. The second-order valence-electron chi connectivity index (χ2n) is 3.71. The van der Waals surface area contributed by atoms with Gasteiger partial charge in [-0.25, -0.2) is 4.79 Å². The Morgan fingerprint density at radius 3 is 3.12 bits per heavy atom. The standard InChI is InChI=1S/C10H14N2O4/c13-9(14)8-6-16-10(12-8)11-5-7-3-1-2-4-15-7/h6-7H,1-5H2,(H,11,12)(H,13,14). The van der Waals surface area contributed by atoms with Gasteiger partial charge in [0.15, 0.2) is 5.69 Å². The van der Waals surface area contributed by atoms with Gasteiger partial charge in [-0.15, -0.1) is 0 Å². The van der Waals surface area contributed by atoms with Crippen LogP contribution in [0.5, 0.6) is 0 Å². The summed E-state index contributed by atoms with van der Waals surface area (Å²) in [7, 11) is 0. The molecule has 0 aliphatic carbocycles. The van der Waals surface area contributed by atoms with Crippen molar-refractivity contribution in [2.45, 2.75) is 25.4 Å². The Bertz CT molecular complexity index is 357. The monoisotopic (exact) mass is 226 g/mol. The predicted molar refractivity (Wildman–Crippen MR) is 55.5 cm³/mol. The lowest BCUT2D eigenvalue weighted by Gasteiger charge is -2.22. The van der Waals surface area contributed by atoms with Crippen molar-refractivity contribution in [2.75, 3.05) is 18.5 Å². The van der Waals surface area contributed by atoms with Gasteiger partial charge in [0, 0.05) is 13.2 Å². The molecule has 1 atom stereocenters. The number of carbonyl (C=O) groups is 1. The van der Waals surface area contributed by atoms with Crippen molar-refractivity contribution in [3.63, 3.8) is 0 Å². The highest BCUT2D eigenvalue weighted by atomic mass is 16.5. The van der Waals surface area contributed by atoms with Crippen LogP contribution in [0.25, 0.3) is 0 Å². The minimum Gasteiger partial charge on any atom is -0.476 e. The van der Waals surface area contributed by atoms with E-state index in [0.29, 0.717) is 6.54 Å². The Hall–Kier alpha value is -1.56. The van der Waals surface area contributed by atoms with E-state index >= 15 is 0 Å². The maximum Gasteiger partial charge on any atom is 0.357 e. The molecular formula is C10H14N2O4. The number of carboxylic acid groups (broad SMARTS) is 1. The molecule has 0 bridgehead atoms. The number of nitrogens with one attached hydrogen (secondary N) is 1. The first kappa shape index (κ1) is 10.9. The van der Waals surface area contributed by atoms with Crippen LogP contribution in [0.15, 0.2) is 10.7 Å². The second kappa shape index (κ2) is 4.98. The van der Waals surface area contributed by atoms with Crippen LogP contribution in [-0.2, 0) is 4.74 Å². The predicted octanol–water partition coefficient (Wildman–Crippen LogP) is 1.35. The van der Waals surface area contributed by atoms with E-state index in [1.165, 1.54) is 0 Å². The first-order valence-corrected chi connectivity index (χ1v) is 5.30. The van der Waals surface area contributed by atoms with Crippen LogP contribution in [0.4, 0.5) is 6.01 Å². The first-order chi connectivity index (χ1) is 7.75. The van der Waals surface area contributed by atoms with Gasteiger partial charge in [-0.3, -0.25) is 0 Å². The van der Waals surface area contributed by atoms with Gasteiger partial charge in [0.25, 0.3) is 6.01 Å². The largest absolute Gasteiger partial charge is 0.476 e. The number of aromatic nitrogens is 1. The van der Waals surface area contributed by atoms with E-state index in [0.717, 1.165) is 32.1 Å². The minimum atomic E-state index is -1.09. The van der Waals surface area contributed by atoms with Gasteiger partial charge < -0.3 is 19.6 Å². The molecule has 6 nitrogen and oxygen atoms in total.